The molecule has 0 aromatic rings. The number of hydrogen-bond donors (Lipinski definition) is 1. The Bertz CT molecular complexity index is 328. The van der Waals surface area contributed by atoms with E-state index in [1.165, 1.54) is 0 Å². The van der Waals surface area contributed by atoms with Crippen molar-refractivity contribution in [3.05, 3.63) is 12.2 Å². The van der Waals surface area contributed by atoms with Crippen molar-refractivity contribution in [1.82, 2.24) is 4.72 Å². The molecule has 0 aromatic carbocycles. The first-order chi connectivity index (χ1) is 7.62. The lowest BCUT2D eigenvalue weighted by Crippen LogP contribution is -2.31. The number of nitrogens with one attached hydrogen (secondary N) is 1. The first-order valence-corrected chi connectivity index (χ1v) is 7.47. The summed E-state index contributed by atoms with van der Waals surface area (Å²) in [5, 5.41) is 0. The maximum atomic E-state index is 11.6. The molecule has 0 radical (unpaired) electrons. The lowest BCUT2D eigenvalue weighted by Gasteiger charge is -2.17. The van der Waals surface area contributed by atoms with Crippen molar-refractivity contribution in [2.75, 3.05) is 25.5 Å². The minimum absolute atomic E-state index is 0.0329. The molecule has 0 aliphatic carbocycles. The quantitative estimate of drug-likeness (QED) is 0.538. The Morgan fingerprint density at radius 1 is 1.35 bits per heavy atom. The third kappa shape index (κ3) is 11.9. The molecule has 0 aliphatic heterocycles. The molecule has 4 nitrogen and oxygen atoms in total. The van der Waals surface area contributed by atoms with Crippen LogP contribution in [0.4, 0.5) is 0 Å². The molecule has 0 unspecified atom stereocenters. The maximum absolute atomic E-state index is 11.6. The normalized spacial score (nSPS) is 12.7. The van der Waals surface area contributed by atoms with Gasteiger partial charge in [0.2, 0.25) is 10.0 Å². The molecule has 1 N–H and O–H groups in total. The average molecular weight is 263 g/mol. The molecule has 0 spiro atoms. The molecular weight excluding hydrogens is 238 g/mol. The summed E-state index contributed by atoms with van der Waals surface area (Å²) in [6.45, 7) is 12.8. The van der Waals surface area contributed by atoms with E-state index in [0.717, 1.165) is 5.57 Å². The van der Waals surface area contributed by atoms with Gasteiger partial charge >= 0.3 is 0 Å². The van der Waals surface area contributed by atoms with Crippen LogP contribution >= 0.6 is 0 Å². The van der Waals surface area contributed by atoms with Crippen LogP contribution in [0.5, 0.6) is 0 Å². The topological polar surface area (TPSA) is 55.4 Å². The molecular formula is C12H25NO3S. The van der Waals surface area contributed by atoms with Gasteiger partial charge in [-0.05, 0) is 18.8 Å². The molecule has 102 valence electrons. The molecule has 0 aromatic heterocycles. The van der Waals surface area contributed by atoms with E-state index in [2.05, 4.69) is 11.3 Å². The fourth-order valence-electron chi connectivity index (χ4n) is 1.03. The summed E-state index contributed by atoms with van der Waals surface area (Å²) in [7, 11) is -3.17. The van der Waals surface area contributed by atoms with Crippen molar-refractivity contribution in [3.8, 4) is 0 Å². The third-order valence-corrected chi connectivity index (χ3v) is 3.42. The molecule has 0 saturated heterocycles. The molecule has 0 saturated carbocycles. The van der Waals surface area contributed by atoms with E-state index in [-0.39, 0.29) is 11.2 Å². The van der Waals surface area contributed by atoms with Gasteiger partial charge in [0.25, 0.3) is 0 Å². The van der Waals surface area contributed by atoms with Gasteiger partial charge in [0.15, 0.2) is 0 Å². The van der Waals surface area contributed by atoms with Crippen molar-refractivity contribution in [3.63, 3.8) is 0 Å². The highest BCUT2D eigenvalue weighted by Gasteiger charge is 2.16. The Kier molecular flexibility index (Phi) is 6.97. The van der Waals surface area contributed by atoms with Crippen molar-refractivity contribution < 1.29 is 13.2 Å². The summed E-state index contributed by atoms with van der Waals surface area (Å²) in [5.74, 6) is 0.164. The standard InChI is InChI=1S/C12H25NO3S/c1-11(2)10-16-8-7-13-17(14,15)9-6-12(3,4)5/h13H,1,6-10H2,2-5H3. The van der Waals surface area contributed by atoms with Crippen LogP contribution in [0, 0.1) is 5.41 Å². The maximum Gasteiger partial charge on any atom is 0.211 e. The van der Waals surface area contributed by atoms with Gasteiger partial charge < -0.3 is 4.74 Å². The smallest absolute Gasteiger partial charge is 0.211 e. The van der Waals surface area contributed by atoms with Gasteiger partial charge in [-0.25, -0.2) is 13.1 Å². The molecule has 0 amide bonds. The third-order valence-electron chi connectivity index (χ3n) is 2.04. The number of sulfonamides is 1. The van der Waals surface area contributed by atoms with E-state index < -0.39 is 10.0 Å². The molecule has 0 aliphatic rings. The summed E-state index contributed by atoms with van der Waals surface area (Å²) in [6, 6.07) is 0. The van der Waals surface area contributed by atoms with Crippen molar-refractivity contribution in [2.45, 2.75) is 34.1 Å². The van der Waals surface area contributed by atoms with Gasteiger partial charge in [0.05, 0.1) is 19.0 Å². The Morgan fingerprint density at radius 3 is 2.41 bits per heavy atom. The molecule has 0 bridgehead atoms. The highest BCUT2D eigenvalue weighted by Crippen LogP contribution is 2.18. The minimum Gasteiger partial charge on any atom is -0.376 e. The Hall–Kier alpha value is -0.390. The van der Waals surface area contributed by atoms with E-state index in [0.29, 0.717) is 26.2 Å². The molecule has 0 heterocycles. The van der Waals surface area contributed by atoms with E-state index in [1.54, 1.807) is 0 Å². The second kappa shape index (κ2) is 7.13. The van der Waals surface area contributed by atoms with Crippen LogP contribution in [0.3, 0.4) is 0 Å². The highest BCUT2D eigenvalue weighted by molar-refractivity contribution is 7.89. The van der Waals surface area contributed by atoms with Crippen molar-refractivity contribution in [2.24, 2.45) is 5.41 Å². The fourth-order valence-corrected chi connectivity index (χ4v) is 2.45. The van der Waals surface area contributed by atoms with Crippen LogP contribution in [0.2, 0.25) is 0 Å². The number of ether oxygens (including phenoxy) is 1. The van der Waals surface area contributed by atoms with E-state index in [1.807, 2.05) is 27.7 Å². The van der Waals surface area contributed by atoms with Crippen molar-refractivity contribution in [1.29, 1.82) is 0 Å². The number of rotatable bonds is 8. The number of hydrogen-bond acceptors (Lipinski definition) is 3. The van der Waals surface area contributed by atoms with Gasteiger partial charge in [-0.1, -0.05) is 32.9 Å². The van der Waals surface area contributed by atoms with Crippen LogP contribution in [0.1, 0.15) is 34.1 Å². The summed E-state index contributed by atoms with van der Waals surface area (Å²) in [6.07, 6.45) is 0.648. The van der Waals surface area contributed by atoms with Crippen LogP contribution in [0.25, 0.3) is 0 Å². The molecule has 5 heteroatoms. The van der Waals surface area contributed by atoms with Gasteiger partial charge in [-0.3, -0.25) is 0 Å². The zero-order chi connectivity index (χ0) is 13.5. The Morgan fingerprint density at radius 2 is 1.94 bits per heavy atom. The second-order valence-corrected chi connectivity index (χ2v) is 7.46. The molecule has 17 heavy (non-hydrogen) atoms. The Labute approximate surface area is 105 Å². The lowest BCUT2D eigenvalue weighted by molar-refractivity contribution is 0.162. The SMILES string of the molecule is C=C(C)COCCNS(=O)(=O)CCC(C)(C)C. The van der Waals surface area contributed by atoms with E-state index in [4.69, 9.17) is 4.74 Å². The average Bonchev–Trinajstić information content (AvgIpc) is 2.13. The summed E-state index contributed by atoms with van der Waals surface area (Å²) in [5.41, 5.74) is 0.964. The fraction of sp³-hybridized carbons (Fsp3) is 0.833. The Balaban J connectivity index is 3.76. The zero-order valence-corrected chi connectivity index (χ0v) is 12.2. The van der Waals surface area contributed by atoms with Crippen LogP contribution in [0.15, 0.2) is 12.2 Å². The van der Waals surface area contributed by atoms with E-state index >= 15 is 0 Å². The molecule has 0 fully saturated rings. The van der Waals surface area contributed by atoms with Gasteiger partial charge in [0.1, 0.15) is 0 Å². The van der Waals surface area contributed by atoms with Crippen LogP contribution < -0.4 is 4.72 Å². The van der Waals surface area contributed by atoms with Gasteiger partial charge in [0, 0.05) is 6.54 Å². The monoisotopic (exact) mass is 263 g/mol. The lowest BCUT2D eigenvalue weighted by atomic mass is 9.94. The summed E-state index contributed by atoms with van der Waals surface area (Å²) >= 11 is 0. The first kappa shape index (κ1) is 16.6. The molecule has 0 rings (SSSR count). The largest absolute Gasteiger partial charge is 0.376 e. The highest BCUT2D eigenvalue weighted by atomic mass is 32.2. The van der Waals surface area contributed by atoms with Gasteiger partial charge in [-0.2, -0.15) is 0 Å². The second-order valence-electron chi connectivity index (χ2n) is 5.53. The van der Waals surface area contributed by atoms with Gasteiger partial charge in [-0.15, -0.1) is 0 Å². The van der Waals surface area contributed by atoms with Crippen LogP contribution in [-0.2, 0) is 14.8 Å². The first-order valence-electron chi connectivity index (χ1n) is 5.82. The minimum atomic E-state index is -3.17. The summed E-state index contributed by atoms with van der Waals surface area (Å²) in [4.78, 5) is 0. The van der Waals surface area contributed by atoms with Crippen LogP contribution in [-0.4, -0.2) is 33.9 Å². The molecule has 0 atom stereocenters. The predicted octanol–water partition coefficient (Wildman–Crippen LogP) is 1.93. The zero-order valence-electron chi connectivity index (χ0n) is 11.4. The predicted molar refractivity (Wildman–Crippen MR) is 71.5 cm³/mol. The van der Waals surface area contributed by atoms with E-state index in [9.17, 15) is 8.42 Å². The summed E-state index contributed by atoms with van der Waals surface area (Å²) < 4.78 is 30.9. The van der Waals surface area contributed by atoms with Crippen molar-refractivity contribution >= 4 is 10.0 Å².